The molecule has 174 valence electrons. The Labute approximate surface area is 180 Å². The fraction of sp³-hybridized carbons (Fsp3) is 0.737. The largest absolute Gasteiger partial charge is 0.472 e. The van der Waals surface area contributed by atoms with Crippen LogP contribution >= 0.6 is 7.82 Å². The summed E-state index contributed by atoms with van der Waals surface area (Å²) in [7, 11) is -4.17. The molecule has 1 aliphatic heterocycles. The van der Waals surface area contributed by atoms with Crippen LogP contribution in [0.25, 0.3) is 11.2 Å². The minimum absolute atomic E-state index is 0.00534. The van der Waals surface area contributed by atoms with E-state index in [9.17, 15) is 14.3 Å². The first-order valence-electron chi connectivity index (χ1n) is 10.8. The van der Waals surface area contributed by atoms with E-state index in [-0.39, 0.29) is 18.1 Å². The van der Waals surface area contributed by atoms with Crippen LogP contribution in [0, 0.1) is 0 Å². The molecule has 11 nitrogen and oxygen atoms in total. The average Bonchev–Trinajstić information content (AvgIpc) is 3.34. The smallest absolute Gasteiger partial charge is 0.369 e. The third kappa shape index (κ3) is 6.36. The van der Waals surface area contributed by atoms with E-state index >= 15 is 0 Å². The first kappa shape index (κ1) is 23.9. The first-order valence-corrected chi connectivity index (χ1v) is 12.3. The number of phosphoric acid groups is 1. The summed E-state index contributed by atoms with van der Waals surface area (Å²) in [6, 6.07) is 0. The van der Waals surface area contributed by atoms with Gasteiger partial charge in [0, 0.05) is 0 Å². The van der Waals surface area contributed by atoms with Crippen molar-refractivity contribution in [3.8, 4) is 0 Å². The van der Waals surface area contributed by atoms with Crippen LogP contribution in [0.1, 0.15) is 71.4 Å². The second kappa shape index (κ2) is 10.7. The molecular formula is C19H32N5O6P. The zero-order valence-electron chi connectivity index (χ0n) is 18.0. The number of imidazole rings is 1. The SMILES string of the molecule is CCCCCCCCOP(=O)(O)O[C@@H](C)C1CCC(n2cnc3c(=O)[nH]c(N)nc32)O1. The number of anilines is 1. The summed E-state index contributed by atoms with van der Waals surface area (Å²) in [5.41, 5.74) is 5.72. The lowest BCUT2D eigenvalue weighted by atomic mass is 10.1. The van der Waals surface area contributed by atoms with Gasteiger partial charge in [0.15, 0.2) is 11.2 Å². The van der Waals surface area contributed by atoms with E-state index in [1.54, 1.807) is 11.5 Å². The van der Waals surface area contributed by atoms with Crippen LogP contribution in [0.15, 0.2) is 11.1 Å². The molecule has 2 aromatic heterocycles. The van der Waals surface area contributed by atoms with Crippen LogP contribution in [0.4, 0.5) is 5.95 Å². The second-order valence-corrected chi connectivity index (χ2v) is 9.27. The van der Waals surface area contributed by atoms with Crippen LogP contribution in [-0.4, -0.2) is 43.2 Å². The Hall–Kier alpha value is -1.78. The van der Waals surface area contributed by atoms with Crippen molar-refractivity contribution < 1.29 is 23.2 Å². The summed E-state index contributed by atoms with van der Waals surface area (Å²) < 4.78 is 30.3. The number of rotatable bonds is 12. The van der Waals surface area contributed by atoms with Gasteiger partial charge < -0.3 is 15.4 Å². The molecule has 0 amide bonds. The Morgan fingerprint density at radius 2 is 2.10 bits per heavy atom. The molecule has 3 rings (SSSR count). The molecule has 12 heteroatoms. The topological polar surface area (TPSA) is 155 Å². The molecule has 4 N–H and O–H groups in total. The maximum absolute atomic E-state index is 12.3. The van der Waals surface area contributed by atoms with Gasteiger partial charge >= 0.3 is 7.82 Å². The lowest BCUT2D eigenvalue weighted by Crippen LogP contribution is -2.25. The maximum Gasteiger partial charge on any atom is 0.472 e. The summed E-state index contributed by atoms with van der Waals surface area (Å²) in [6.07, 6.45) is 7.51. The molecule has 0 saturated carbocycles. The minimum Gasteiger partial charge on any atom is -0.369 e. The molecule has 1 saturated heterocycles. The molecule has 0 bridgehead atoms. The summed E-state index contributed by atoms with van der Waals surface area (Å²) in [5, 5.41) is 0. The second-order valence-electron chi connectivity index (χ2n) is 7.86. The molecule has 1 fully saturated rings. The van der Waals surface area contributed by atoms with Gasteiger partial charge in [-0.2, -0.15) is 4.98 Å². The number of hydrogen-bond acceptors (Lipinski definition) is 8. The number of nitrogen functional groups attached to an aromatic ring is 1. The quantitative estimate of drug-likeness (QED) is 0.322. The number of hydrogen-bond donors (Lipinski definition) is 3. The highest BCUT2D eigenvalue weighted by Gasteiger charge is 2.36. The number of nitrogens with two attached hydrogens (primary N) is 1. The fourth-order valence-electron chi connectivity index (χ4n) is 3.72. The van der Waals surface area contributed by atoms with Crippen molar-refractivity contribution in [3.63, 3.8) is 0 Å². The van der Waals surface area contributed by atoms with Crippen molar-refractivity contribution >= 4 is 24.9 Å². The molecule has 2 aromatic rings. The lowest BCUT2D eigenvalue weighted by Gasteiger charge is -2.23. The zero-order valence-corrected chi connectivity index (χ0v) is 18.9. The maximum atomic E-state index is 12.3. The molecule has 0 spiro atoms. The van der Waals surface area contributed by atoms with E-state index in [0.717, 1.165) is 19.3 Å². The highest BCUT2D eigenvalue weighted by molar-refractivity contribution is 7.47. The van der Waals surface area contributed by atoms with Gasteiger partial charge in [-0.3, -0.25) is 23.4 Å². The highest BCUT2D eigenvalue weighted by atomic mass is 31.2. The van der Waals surface area contributed by atoms with E-state index < -0.39 is 31.8 Å². The van der Waals surface area contributed by atoms with Crippen molar-refractivity contribution in [2.45, 2.75) is 83.6 Å². The Morgan fingerprint density at radius 3 is 2.87 bits per heavy atom. The van der Waals surface area contributed by atoms with Gasteiger partial charge in [0.2, 0.25) is 5.95 Å². The van der Waals surface area contributed by atoms with Crippen LogP contribution in [0.2, 0.25) is 0 Å². The van der Waals surface area contributed by atoms with Gasteiger partial charge in [-0.1, -0.05) is 39.0 Å². The van der Waals surface area contributed by atoms with Crippen LogP contribution in [0.3, 0.4) is 0 Å². The third-order valence-electron chi connectivity index (χ3n) is 5.37. The normalized spacial score (nSPS) is 22.0. The highest BCUT2D eigenvalue weighted by Crippen LogP contribution is 2.46. The van der Waals surface area contributed by atoms with Gasteiger partial charge in [0.1, 0.15) is 6.23 Å². The molecular weight excluding hydrogens is 425 g/mol. The number of aromatic amines is 1. The number of phosphoric ester groups is 1. The van der Waals surface area contributed by atoms with E-state index in [1.165, 1.54) is 25.6 Å². The number of H-pyrrole nitrogens is 1. The molecule has 31 heavy (non-hydrogen) atoms. The van der Waals surface area contributed by atoms with E-state index in [0.29, 0.717) is 18.5 Å². The predicted octanol–water partition coefficient (Wildman–Crippen LogP) is 3.26. The van der Waals surface area contributed by atoms with Crippen LogP contribution < -0.4 is 11.3 Å². The van der Waals surface area contributed by atoms with Crippen molar-refractivity contribution in [3.05, 3.63) is 16.7 Å². The molecule has 3 unspecified atom stereocenters. The fourth-order valence-corrected chi connectivity index (χ4v) is 4.70. The van der Waals surface area contributed by atoms with E-state index in [4.69, 9.17) is 19.5 Å². The van der Waals surface area contributed by atoms with E-state index in [2.05, 4.69) is 21.9 Å². The van der Waals surface area contributed by atoms with Crippen molar-refractivity contribution in [2.24, 2.45) is 0 Å². The number of nitrogens with zero attached hydrogens (tertiary/aromatic N) is 3. The molecule has 3 heterocycles. The summed E-state index contributed by atoms with van der Waals surface area (Å²) in [4.78, 5) is 32.6. The van der Waals surface area contributed by atoms with Crippen molar-refractivity contribution in [1.29, 1.82) is 0 Å². The lowest BCUT2D eigenvalue weighted by molar-refractivity contribution is -0.0522. The van der Waals surface area contributed by atoms with Gasteiger partial charge in [-0.05, 0) is 26.2 Å². The number of ether oxygens (including phenoxy) is 1. The van der Waals surface area contributed by atoms with Gasteiger partial charge in [-0.15, -0.1) is 0 Å². The number of aromatic nitrogens is 4. The Bertz CT molecular complexity index is 963. The zero-order chi connectivity index (χ0) is 22.4. The van der Waals surface area contributed by atoms with Crippen LogP contribution in [-0.2, 0) is 18.3 Å². The molecule has 0 radical (unpaired) electrons. The molecule has 1 aliphatic rings. The van der Waals surface area contributed by atoms with E-state index in [1.807, 2.05) is 0 Å². The van der Waals surface area contributed by atoms with Crippen molar-refractivity contribution in [2.75, 3.05) is 12.3 Å². The Kier molecular flexibility index (Phi) is 8.23. The molecule has 4 atom stereocenters. The van der Waals surface area contributed by atoms with Gasteiger partial charge in [-0.25, -0.2) is 9.55 Å². The monoisotopic (exact) mass is 457 g/mol. The summed E-state index contributed by atoms with van der Waals surface area (Å²) in [5.74, 6) is -0.00534. The van der Waals surface area contributed by atoms with Gasteiger partial charge in [0.25, 0.3) is 5.56 Å². The standard InChI is InChI=1S/C19H32N5O6P/c1-3-4-5-6-7-8-11-28-31(26,27)30-13(2)14-9-10-15(29-14)24-12-21-16-17(24)22-19(20)23-18(16)25/h12-15H,3-11H2,1-2H3,(H,26,27)(H3,20,22,23,25)/t13-,14?,15?/m0/s1. The predicted molar refractivity (Wildman–Crippen MR) is 115 cm³/mol. The minimum atomic E-state index is -4.17. The molecule has 0 aliphatic carbocycles. The summed E-state index contributed by atoms with van der Waals surface area (Å²) >= 11 is 0. The van der Waals surface area contributed by atoms with Crippen LogP contribution in [0.5, 0.6) is 0 Å². The Balaban J connectivity index is 1.50. The van der Waals surface area contributed by atoms with Crippen molar-refractivity contribution in [1.82, 2.24) is 19.5 Å². The average molecular weight is 457 g/mol. The van der Waals surface area contributed by atoms with Gasteiger partial charge in [0.05, 0.1) is 25.1 Å². The molecule has 0 aromatic carbocycles. The first-order chi connectivity index (χ1) is 14.8. The number of unbranched alkanes of at least 4 members (excludes halogenated alkanes) is 5. The Morgan fingerprint density at radius 1 is 1.35 bits per heavy atom. The number of nitrogens with one attached hydrogen (secondary N) is 1. The third-order valence-corrected chi connectivity index (χ3v) is 6.47. The number of fused-ring (bicyclic) bond motifs is 1. The summed E-state index contributed by atoms with van der Waals surface area (Å²) in [6.45, 7) is 4.02.